The van der Waals surface area contributed by atoms with Crippen LogP contribution in [0.3, 0.4) is 0 Å². The van der Waals surface area contributed by atoms with E-state index in [1.807, 2.05) is 28.8 Å². The molecule has 4 rings (SSSR count). The maximum absolute atomic E-state index is 11.2. The summed E-state index contributed by atoms with van der Waals surface area (Å²) in [6, 6.07) is 11.2. The highest BCUT2D eigenvalue weighted by Crippen LogP contribution is 2.29. The Morgan fingerprint density at radius 2 is 2.06 bits per heavy atom. The lowest BCUT2D eigenvalue weighted by atomic mass is 10.3. The molecule has 0 saturated carbocycles. The highest BCUT2D eigenvalue weighted by Gasteiger charge is 2.23. The first-order chi connectivity index (χ1) is 14.9. The van der Waals surface area contributed by atoms with Crippen molar-refractivity contribution in [3.05, 3.63) is 69.3 Å². The molecule has 0 spiro atoms. The van der Waals surface area contributed by atoms with Crippen molar-refractivity contribution < 1.29 is 14.4 Å². The van der Waals surface area contributed by atoms with Gasteiger partial charge in [0.2, 0.25) is 5.82 Å². The lowest BCUT2D eigenvalue weighted by Crippen LogP contribution is -2.20. The molecule has 1 N–H and O–H groups in total. The van der Waals surface area contributed by atoms with E-state index in [9.17, 15) is 15.2 Å². The number of aliphatic hydroxyl groups is 1. The van der Waals surface area contributed by atoms with Crippen LogP contribution in [0.5, 0.6) is 0 Å². The van der Waals surface area contributed by atoms with E-state index in [1.165, 1.54) is 22.5 Å². The number of hydrogen-bond donors (Lipinski definition) is 1. The van der Waals surface area contributed by atoms with Crippen molar-refractivity contribution in [1.82, 2.24) is 24.3 Å². The van der Waals surface area contributed by atoms with E-state index in [0.29, 0.717) is 22.6 Å². The molecule has 0 aliphatic heterocycles. The maximum Gasteiger partial charge on any atom is 0.342 e. The second-order valence-electron chi connectivity index (χ2n) is 6.59. The Kier molecular flexibility index (Phi) is 6.20. The van der Waals surface area contributed by atoms with E-state index in [4.69, 9.17) is 4.42 Å². The highest BCUT2D eigenvalue weighted by atomic mass is 79.9. The number of rotatable bonds is 8. The number of furan rings is 1. The molecule has 1 unspecified atom stereocenters. The van der Waals surface area contributed by atoms with Crippen LogP contribution < -0.4 is 0 Å². The van der Waals surface area contributed by atoms with Crippen molar-refractivity contribution in [3.63, 3.8) is 0 Å². The molecule has 31 heavy (non-hydrogen) atoms. The van der Waals surface area contributed by atoms with Gasteiger partial charge in [0.25, 0.3) is 0 Å². The second-order valence-corrected chi connectivity index (χ2v) is 8.49. The monoisotopic (exact) mass is 504 g/mol. The Bertz CT molecular complexity index is 1190. The predicted molar refractivity (Wildman–Crippen MR) is 117 cm³/mol. The summed E-state index contributed by atoms with van der Waals surface area (Å²) in [6.07, 6.45) is 1.89. The molecule has 1 aromatic carbocycles. The summed E-state index contributed by atoms with van der Waals surface area (Å²) in [6.45, 7) is 1.71. The Hall–Kier alpha value is -2.96. The molecule has 4 aromatic rings. The van der Waals surface area contributed by atoms with Crippen LogP contribution in [0.2, 0.25) is 0 Å². The first-order valence-corrected chi connectivity index (χ1v) is 10.9. The van der Waals surface area contributed by atoms with Crippen molar-refractivity contribution in [3.8, 4) is 17.3 Å². The molecule has 0 bridgehead atoms. The van der Waals surface area contributed by atoms with Crippen LogP contribution >= 0.6 is 27.7 Å². The Balaban J connectivity index is 1.57. The fraction of sp³-hybridized carbons (Fsp3) is 0.211. The third kappa shape index (κ3) is 4.55. The average molecular weight is 505 g/mol. The summed E-state index contributed by atoms with van der Waals surface area (Å²) in [4.78, 5) is 14.6. The molecule has 160 valence electrons. The van der Waals surface area contributed by atoms with Gasteiger partial charge in [-0.3, -0.25) is 4.57 Å². The average Bonchev–Trinajstić information content (AvgIpc) is 3.47. The molecule has 0 aliphatic carbocycles. The lowest BCUT2D eigenvalue weighted by molar-refractivity contribution is -0.392. The van der Waals surface area contributed by atoms with Crippen LogP contribution in [0.15, 0.2) is 62.9 Å². The van der Waals surface area contributed by atoms with Gasteiger partial charge in [-0.05, 0) is 41.3 Å². The summed E-state index contributed by atoms with van der Waals surface area (Å²) in [5.41, 5.74) is 0.831. The number of halogens is 1. The minimum Gasteiger partial charge on any atom is -0.461 e. The summed E-state index contributed by atoms with van der Waals surface area (Å²) in [7, 11) is 0. The molecule has 3 heterocycles. The number of imidazole rings is 1. The van der Waals surface area contributed by atoms with Crippen molar-refractivity contribution in [2.75, 3.05) is 5.75 Å². The summed E-state index contributed by atoms with van der Waals surface area (Å²) in [5, 5.41) is 30.8. The smallest absolute Gasteiger partial charge is 0.342 e. The lowest BCUT2D eigenvalue weighted by Gasteiger charge is -2.12. The third-order valence-electron chi connectivity index (χ3n) is 4.48. The minimum absolute atomic E-state index is 0.0482. The van der Waals surface area contributed by atoms with Crippen LogP contribution in [0.1, 0.15) is 5.82 Å². The molecule has 0 aliphatic rings. The number of thioether (sulfide) groups is 1. The number of aliphatic hydroxyl groups excluding tert-OH is 1. The van der Waals surface area contributed by atoms with Crippen LogP contribution in [0, 0.1) is 17.0 Å². The SMILES string of the molecule is Cc1ncc([N+](=O)[O-])n1CC(O)CSc1nnc(-c2ccco2)n1-c1ccc(Br)cc1. The second kappa shape index (κ2) is 9.04. The molecule has 0 amide bonds. The van der Waals surface area contributed by atoms with Crippen LogP contribution in [-0.2, 0) is 6.54 Å². The van der Waals surface area contributed by atoms with Gasteiger partial charge in [-0.1, -0.05) is 27.7 Å². The van der Waals surface area contributed by atoms with Crippen LogP contribution in [0.25, 0.3) is 17.3 Å². The normalized spacial score (nSPS) is 12.2. The number of aryl methyl sites for hydroxylation is 1. The molecule has 0 radical (unpaired) electrons. The minimum atomic E-state index is -0.862. The molecule has 3 aromatic heterocycles. The van der Waals surface area contributed by atoms with E-state index >= 15 is 0 Å². The van der Waals surface area contributed by atoms with E-state index in [-0.39, 0.29) is 18.1 Å². The number of nitro groups is 1. The van der Waals surface area contributed by atoms with Gasteiger partial charge in [0, 0.05) is 22.8 Å². The Morgan fingerprint density at radius 1 is 1.29 bits per heavy atom. The first kappa shape index (κ1) is 21.3. The summed E-state index contributed by atoms with van der Waals surface area (Å²) < 4.78 is 9.66. The molecule has 1 atom stereocenters. The maximum atomic E-state index is 11.2. The topological polar surface area (TPSA) is 125 Å². The first-order valence-electron chi connectivity index (χ1n) is 9.16. The zero-order valence-corrected chi connectivity index (χ0v) is 18.7. The van der Waals surface area contributed by atoms with Gasteiger partial charge in [0.1, 0.15) is 18.8 Å². The van der Waals surface area contributed by atoms with Crippen molar-refractivity contribution in [1.29, 1.82) is 0 Å². The van der Waals surface area contributed by atoms with E-state index in [0.717, 1.165) is 10.2 Å². The molecule has 0 saturated heterocycles. The number of benzene rings is 1. The van der Waals surface area contributed by atoms with Gasteiger partial charge in [0.05, 0.1) is 6.26 Å². The summed E-state index contributed by atoms with van der Waals surface area (Å²) >= 11 is 4.73. The van der Waals surface area contributed by atoms with Gasteiger partial charge < -0.3 is 19.6 Å². The summed E-state index contributed by atoms with van der Waals surface area (Å²) in [5.74, 6) is 1.66. The highest BCUT2D eigenvalue weighted by molar-refractivity contribution is 9.10. The standard InChI is InChI=1S/C19H17BrN6O4S/c1-12-21-9-17(26(28)29)24(12)10-15(27)11-31-19-23-22-18(16-3-2-8-30-16)25(19)14-6-4-13(20)5-7-14/h2-9,15,27H,10-11H2,1H3. The van der Waals surface area contributed by atoms with Gasteiger partial charge in [-0.2, -0.15) is 0 Å². The largest absolute Gasteiger partial charge is 0.461 e. The van der Waals surface area contributed by atoms with Crippen molar-refractivity contribution >= 4 is 33.5 Å². The zero-order valence-electron chi connectivity index (χ0n) is 16.3. The number of aromatic nitrogens is 5. The number of hydrogen-bond acceptors (Lipinski definition) is 8. The van der Waals surface area contributed by atoms with Crippen molar-refractivity contribution in [2.45, 2.75) is 24.7 Å². The fourth-order valence-corrected chi connectivity index (χ4v) is 4.14. The molecule has 10 nitrogen and oxygen atoms in total. The molecule has 12 heteroatoms. The van der Waals surface area contributed by atoms with Crippen LogP contribution in [0.4, 0.5) is 5.82 Å². The molecule has 0 fully saturated rings. The van der Waals surface area contributed by atoms with Crippen molar-refractivity contribution in [2.24, 2.45) is 0 Å². The fourth-order valence-electron chi connectivity index (χ4n) is 3.01. The van der Waals surface area contributed by atoms with Gasteiger partial charge in [0.15, 0.2) is 16.7 Å². The van der Waals surface area contributed by atoms with E-state index in [2.05, 4.69) is 31.1 Å². The van der Waals surface area contributed by atoms with Crippen LogP contribution in [-0.4, -0.2) is 46.2 Å². The quantitative estimate of drug-likeness (QED) is 0.218. The van der Waals surface area contributed by atoms with Gasteiger partial charge in [-0.25, -0.2) is 9.55 Å². The van der Waals surface area contributed by atoms with Gasteiger partial charge in [-0.15, -0.1) is 10.2 Å². The van der Waals surface area contributed by atoms with E-state index in [1.54, 1.807) is 25.3 Å². The third-order valence-corrected chi connectivity index (χ3v) is 6.08. The van der Waals surface area contributed by atoms with Gasteiger partial charge >= 0.3 is 5.82 Å². The molecular weight excluding hydrogens is 488 g/mol. The molecular formula is C19H17BrN6O4S. The number of nitrogens with zero attached hydrogens (tertiary/aromatic N) is 6. The predicted octanol–water partition coefficient (Wildman–Crippen LogP) is 3.86. The Morgan fingerprint density at radius 3 is 2.74 bits per heavy atom. The van der Waals surface area contributed by atoms with E-state index < -0.39 is 11.0 Å². The zero-order chi connectivity index (χ0) is 22.0. The Labute approximate surface area is 189 Å².